The van der Waals surface area contributed by atoms with Crippen LogP contribution in [0.1, 0.15) is 23.0 Å². The number of nitrogens with zero attached hydrogens (tertiary/aromatic N) is 2. The molecule has 0 aliphatic carbocycles. The van der Waals surface area contributed by atoms with Crippen molar-refractivity contribution >= 4 is 11.6 Å². The highest BCUT2D eigenvalue weighted by molar-refractivity contribution is 6.02. The molecule has 2 aromatic rings. The van der Waals surface area contributed by atoms with E-state index >= 15 is 0 Å². The zero-order valence-corrected chi connectivity index (χ0v) is 12.7. The van der Waals surface area contributed by atoms with Gasteiger partial charge in [0.25, 0.3) is 5.91 Å². The Labute approximate surface area is 128 Å². The summed E-state index contributed by atoms with van der Waals surface area (Å²) in [7, 11) is 3.16. The minimum Gasteiger partial charge on any atom is -0.497 e. The van der Waals surface area contributed by atoms with Gasteiger partial charge in [0.15, 0.2) is 0 Å². The highest BCUT2D eigenvalue weighted by Gasteiger charge is 2.10. The molecule has 1 aromatic heterocycles. The molecule has 0 spiro atoms. The van der Waals surface area contributed by atoms with Gasteiger partial charge in [0, 0.05) is 11.8 Å². The maximum atomic E-state index is 11.9. The van der Waals surface area contributed by atoms with Gasteiger partial charge in [-0.05, 0) is 37.3 Å². The van der Waals surface area contributed by atoms with Crippen LogP contribution in [0.15, 0.2) is 47.7 Å². The number of hydrogen-bond acceptors (Lipinski definition) is 5. The molecular formula is C16H17N3O3. The molecular weight excluding hydrogens is 282 g/mol. The normalized spacial score (nSPS) is 11.0. The lowest BCUT2D eigenvalue weighted by Crippen LogP contribution is -2.20. The van der Waals surface area contributed by atoms with E-state index in [2.05, 4.69) is 15.5 Å². The molecule has 0 radical (unpaired) electrons. The predicted molar refractivity (Wildman–Crippen MR) is 83.5 cm³/mol. The second-order valence-corrected chi connectivity index (χ2v) is 4.42. The average Bonchev–Trinajstić information content (AvgIpc) is 2.59. The van der Waals surface area contributed by atoms with Crippen LogP contribution >= 0.6 is 0 Å². The van der Waals surface area contributed by atoms with E-state index in [9.17, 15) is 4.79 Å². The van der Waals surface area contributed by atoms with Crippen molar-refractivity contribution in [3.63, 3.8) is 0 Å². The Bertz CT molecular complexity index is 684. The van der Waals surface area contributed by atoms with Crippen LogP contribution in [0.2, 0.25) is 0 Å². The van der Waals surface area contributed by atoms with Gasteiger partial charge < -0.3 is 9.47 Å². The lowest BCUT2D eigenvalue weighted by molar-refractivity contribution is 0.0950. The summed E-state index contributed by atoms with van der Waals surface area (Å²) in [5.41, 5.74) is 4.11. The minimum atomic E-state index is -0.373. The molecule has 6 nitrogen and oxygen atoms in total. The van der Waals surface area contributed by atoms with Crippen molar-refractivity contribution in [1.82, 2.24) is 10.4 Å². The molecule has 0 saturated carbocycles. The van der Waals surface area contributed by atoms with Crippen molar-refractivity contribution in [2.24, 2.45) is 5.10 Å². The van der Waals surface area contributed by atoms with Crippen LogP contribution < -0.4 is 14.9 Å². The van der Waals surface area contributed by atoms with Crippen molar-refractivity contribution in [2.45, 2.75) is 6.92 Å². The van der Waals surface area contributed by atoms with Crippen molar-refractivity contribution in [1.29, 1.82) is 0 Å². The molecule has 2 rings (SSSR count). The molecule has 1 aromatic carbocycles. The van der Waals surface area contributed by atoms with Gasteiger partial charge in [0.05, 0.1) is 19.9 Å². The van der Waals surface area contributed by atoms with Gasteiger partial charge in [-0.15, -0.1) is 0 Å². The van der Waals surface area contributed by atoms with E-state index in [0.717, 1.165) is 5.56 Å². The summed E-state index contributed by atoms with van der Waals surface area (Å²) in [4.78, 5) is 15.9. The SMILES string of the molecule is COc1ccc(OC)c(C(C)=NNC(=O)c2ccccn2)c1. The molecule has 0 fully saturated rings. The number of hydrazone groups is 1. The summed E-state index contributed by atoms with van der Waals surface area (Å²) in [6, 6.07) is 10.5. The lowest BCUT2D eigenvalue weighted by atomic mass is 10.1. The second kappa shape index (κ2) is 7.21. The standard InChI is InChI=1S/C16H17N3O3/c1-11(13-10-12(21-2)7-8-15(13)22-3)18-19-16(20)14-6-4-5-9-17-14/h4-10H,1-3H3,(H,19,20). The maximum absolute atomic E-state index is 11.9. The third-order valence-electron chi connectivity index (χ3n) is 3.02. The first-order valence-electron chi connectivity index (χ1n) is 6.63. The molecule has 0 saturated heterocycles. The number of methoxy groups -OCH3 is 2. The third-order valence-corrected chi connectivity index (χ3v) is 3.02. The fraction of sp³-hybridized carbons (Fsp3) is 0.188. The van der Waals surface area contributed by atoms with Crippen molar-refractivity contribution in [2.75, 3.05) is 14.2 Å². The largest absolute Gasteiger partial charge is 0.497 e. The van der Waals surface area contributed by atoms with Crippen LogP contribution in [-0.4, -0.2) is 30.8 Å². The lowest BCUT2D eigenvalue weighted by Gasteiger charge is -2.10. The molecule has 114 valence electrons. The van der Waals surface area contributed by atoms with Crippen LogP contribution in [0, 0.1) is 0 Å². The van der Waals surface area contributed by atoms with Crippen molar-refractivity contribution in [3.8, 4) is 11.5 Å². The predicted octanol–water partition coefficient (Wildman–Crippen LogP) is 2.25. The minimum absolute atomic E-state index is 0.302. The molecule has 0 atom stereocenters. The Morgan fingerprint density at radius 1 is 1.18 bits per heavy atom. The Balaban J connectivity index is 2.20. The van der Waals surface area contributed by atoms with Crippen LogP contribution in [-0.2, 0) is 0 Å². The number of aromatic nitrogens is 1. The smallest absolute Gasteiger partial charge is 0.289 e. The number of nitrogens with one attached hydrogen (secondary N) is 1. The highest BCUT2D eigenvalue weighted by Crippen LogP contribution is 2.24. The van der Waals surface area contributed by atoms with E-state index < -0.39 is 0 Å². The van der Waals surface area contributed by atoms with Gasteiger partial charge in [0.1, 0.15) is 17.2 Å². The van der Waals surface area contributed by atoms with Crippen LogP contribution in [0.5, 0.6) is 11.5 Å². The average molecular weight is 299 g/mol. The number of pyridine rings is 1. The molecule has 6 heteroatoms. The fourth-order valence-corrected chi connectivity index (χ4v) is 1.85. The van der Waals surface area contributed by atoms with Gasteiger partial charge in [0.2, 0.25) is 0 Å². The quantitative estimate of drug-likeness (QED) is 0.679. The number of hydrogen-bond donors (Lipinski definition) is 1. The topological polar surface area (TPSA) is 72.8 Å². The number of ether oxygens (including phenoxy) is 2. The summed E-state index contributed by atoms with van der Waals surface area (Å²) in [6.45, 7) is 1.77. The van der Waals surface area contributed by atoms with Gasteiger partial charge in [-0.1, -0.05) is 6.07 Å². The Morgan fingerprint density at radius 3 is 2.64 bits per heavy atom. The van der Waals surface area contributed by atoms with Gasteiger partial charge in [-0.25, -0.2) is 5.43 Å². The van der Waals surface area contributed by atoms with E-state index in [-0.39, 0.29) is 5.91 Å². The van der Waals surface area contributed by atoms with E-state index in [4.69, 9.17) is 9.47 Å². The van der Waals surface area contributed by atoms with Gasteiger partial charge in [-0.3, -0.25) is 9.78 Å². The molecule has 0 aliphatic heterocycles. The first-order valence-corrected chi connectivity index (χ1v) is 6.63. The molecule has 1 heterocycles. The number of carbonyl (C=O) groups is 1. The fourth-order valence-electron chi connectivity index (χ4n) is 1.85. The van der Waals surface area contributed by atoms with Crippen LogP contribution in [0.3, 0.4) is 0 Å². The first kappa shape index (κ1) is 15.5. The number of carbonyl (C=O) groups excluding carboxylic acids is 1. The van der Waals surface area contributed by atoms with Crippen molar-refractivity contribution < 1.29 is 14.3 Å². The number of benzene rings is 1. The summed E-state index contributed by atoms with van der Waals surface area (Å²) in [6.07, 6.45) is 1.55. The highest BCUT2D eigenvalue weighted by atomic mass is 16.5. The molecule has 1 N–H and O–H groups in total. The molecule has 1 amide bonds. The molecule has 0 bridgehead atoms. The summed E-state index contributed by atoms with van der Waals surface area (Å²) >= 11 is 0. The molecule has 0 aliphatic rings. The number of rotatable bonds is 5. The van der Waals surface area contributed by atoms with Crippen molar-refractivity contribution in [3.05, 3.63) is 53.9 Å². The third kappa shape index (κ3) is 3.60. The molecule has 22 heavy (non-hydrogen) atoms. The number of amides is 1. The van der Waals surface area contributed by atoms with Gasteiger partial charge >= 0.3 is 0 Å². The van der Waals surface area contributed by atoms with E-state index in [0.29, 0.717) is 22.9 Å². The molecule has 0 unspecified atom stereocenters. The second-order valence-electron chi connectivity index (χ2n) is 4.42. The zero-order valence-electron chi connectivity index (χ0n) is 12.7. The Hall–Kier alpha value is -2.89. The zero-order chi connectivity index (χ0) is 15.9. The van der Waals surface area contributed by atoms with Gasteiger partial charge in [-0.2, -0.15) is 5.10 Å². The maximum Gasteiger partial charge on any atom is 0.289 e. The summed E-state index contributed by atoms with van der Waals surface area (Å²) in [5.74, 6) is 0.956. The Kier molecular flexibility index (Phi) is 5.08. The first-order chi connectivity index (χ1) is 10.7. The van der Waals surface area contributed by atoms with E-state index in [1.54, 1.807) is 63.7 Å². The summed E-state index contributed by atoms with van der Waals surface area (Å²) < 4.78 is 10.5. The van der Waals surface area contributed by atoms with E-state index in [1.165, 1.54) is 0 Å². The van der Waals surface area contributed by atoms with Crippen LogP contribution in [0.4, 0.5) is 0 Å². The monoisotopic (exact) mass is 299 g/mol. The van der Waals surface area contributed by atoms with Crippen LogP contribution in [0.25, 0.3) is 0 Å². The summed E-state index contributed by atoms with van der Waals surface area (Å²) in [5, 5.41) is 4.10. The van der Waals surface area contributed by atoms with E-state index in [1.807, 2.05) is 0 Å². The Morgan fingerprint density at radius 2 is 2.00 bits per heavy atom.